The van der Waals surface area contributed by atoms with Gasteiger partial charge in [-0.2, -0.15) is 0 Å². The lowest BCUT2D eigenvalue weighted by Crippen LogP contribution is -2.34. The zero-order valence-electron chi connectivity index (χ0n) is 13.5. The summed E-state index contributed by atoms with van der Waals surface area (Å²) in [6, 6.07) is 2.59. The number of methoxy groups -OCH3 is 1. The van der Waals surface area contributed by atoms with Gasteiger partial charge in [-0.1, -0.05) is 0 Å². The van der Waals surface area contributed by atoms with Crippen molar-refractivity contribution in [2.24, 2.45) is 0 Å². The third-order valence-electron chi connectivity index (χ3n) is 4.08. The Morgan fingerprint density at radius 1 is 1.38 bits per heavy atom. The maximum Gasteiger partial charge on any atom is 0.415 e. The zero-order valence-corrected chi connectivity index (χ0v) is 13.5. The van der Waals surface area contributed by atoms with Crippen molar-refractivity contribution in [3.8, 4) is 0 Å². The molecule has 8 heteroatoms. The molecule has 7 nitrogen and oxygen atoms in total. The van der Waals surface area contributed by atoms with Crippen LogP contribution in [-0.2, 0) is 25.5 Å². The number of nitrogens with zero attached hydrogens (tertiary/aromatic N) is 2. The molecule has 128 valence electrons. The number of carbonyl (C=O) groups is 3. The second-order valence-electron chi connectivity index (χ2n) is 5.98. The summed E-state index contributed by atoms with van der Waals surface area (Å²) in [5.74, 6) is -1.45. The Bertz CT molecular complexity index is 733. The Labute approximate surface area is 137 Å². The molecule has 0 N–H and O–H groups in total. The Morgan fingerprint density at radius 2 is 2.08 bits per heavy atom. The molecule has 1 saturated heterocycles. The fraction of sp³-hybridized carbons (Fsp3) is 0.438. The van der Waals surface area contributed by atoms with Gasteiger partial charge in [0.05, 0.1) is 31.5 Å². The van der Waals surface area contributed by atoms with E-state index in [4.69, 9.17) is 4.74 Å². The standard InChI is InChI=1S/C16H17FN2O5/c1-8(2)19-13(20)5-9-4-10(6-11(17)14(9)19)18-7-12(15(21)23-3)24-16(18)22/h4,6,8,12H,5,7H2,1-3H3/t12-/m1/s1. The van der Waals surface area contributed by atoms with Gasteiger partial charge in [-0.05, 0) is 31.5 Å². The number of hydrogen-bond donors (Lipinski definition) is 0. The maximum absolute atomic E-state index is 14.6. The van der Waals surface area contributed by atoms with Crippen molar-refractivity contribution in [1.82, 2.24) is 0 Å². The van der Waals surface area contributed by atoms with E-state index >= 15 is 0 Å². The van der Waals surface area contributed by atoms with Crippen LogP contribution in [0, 0.1) is 5.82 Å². The SMILES string of the molecule is COC(=O)[C@H]1CN(c2cc(F)c3c(c2)CC(=O)N3C(C)C)C(=O)O1. The van der Waals surface area contributed by atoms with Gasteiger partial charge in [-0.15, -0.1) is 0 Å². The minimum Gasteiger partial charge on any atom is -0.466 e. The van der Waals surface area contributed by atoms with Crippen LogP contribution in [0.3, 0.4) is 0 Å². The van der Waals surface area contributed by atoms with E-state index in [0.717, 1.165) is 4.90 Å². The molecule has 2 aliphatic rings. The predicted octanol–water partition coefficient (Wildman–Crippen LogP) is 1.62. The third-order valence-corrected chi connectivity index (χ3v) is 4.08. The molecule has 2 amide bonds. The summed E-state index contributed by atoms with van der Waals surface area (Å²) < 4.78 is 24.1. The summed E-state index contributed by atoms with van der Waals surface area (Å²) >= 11 is 0. The van der Waals surface area contributed by atoms with Gasteiger partial charge >= 0.3 is 12.1 Å². The van der Waals surface area contributed by atoms with Gasteiger partial charge in [0.15, 0.2) is 0 Å². The molecule has 2 heterocycles. The van der Waals surface area contributed by atoms with Gasteiger partial charge in [0.25, 0.3) is 0 Å². The van der Waals surface area contributed by atoms with E-state index in [-0.39, 0.29) is 36.3 Å². The van der Waals surface area contributed by atoms with Crippen LogP contribution in [0.1, 0.15) is 19.4 Å². The number of anilines is 2. The topological polar surface area (TPSA) is 76.2 Å². The van der Waals surface area contributed by atoms with Crippen LogP contribution in [0.25, 0.3) is 0 Å². The quantitative estimate of drug-likeness (QED) is 0.784. The molecule has 1 fully saturated rings. The Kier molecular flexibility index (Phi) is 3.90. The monoisotopic (exact) mass is 336 g/mol. The lowest BCUT2D eigenvalue weighted by atomic mass is 10.1. The zero-order chi connectivity index (χ0) is 17.6. The summed E-state index contributed by atoms with van der Waals surface area (Å²) in [7, 11) is 1.19. The van der Waals surface area contributed by atoms with Crippen molar-refractivity contribution in [1.29, 1.82) is 0 Å². The number of ether oxygens (including phenoxy) is 2. The summed E-state index contributed by atoms with van der Waals surface area (Å²) in [5.41, 5.74) is 1.01. The van der Waals surface area contributed by atoms with Gasteiger partial charge in [-0.3, -0.25) is 9.69 Å². The molecule has 24 heavy (non-hydrogen) atoms. The predicted molar refractivity (Wildman–Crippen MR) is 82.4 cm³/mol. The van der Waals surface area contributed by atoms with E-state index in [1.807, 2.05) is 0 Å². The Hall–Kier alpha value is -2.64. The highest BCUT2D eigenvalue weighted by Gasteiger charge is 2.39. The molecule has 0 unspecified atom stereocenters. The van der Waals surface area contributed by atoms with Gasteiger partial charge < -0.3 is 14.4 Å². The normalized spacial score (nSPS) is 19.8. The van der Waals surface area contributed by atoms with Gasteiger partial charge in [-0.25, -0.2) is 14.0 Å². The highest BCUT2D eigenvalue weighted by Crippen LogP contribution is 2.37. The fourth-order valence-electron chi connectivity index (χ4n) is 3.05. The lowest BCUT2D eigenvalue weighted by molar-refractivity contribution is -0.148. The number of benzene rings is 1. The lowest BCUT2D eigenvalue weighted by Gasteiger charge is -2.23. The molecule has 1 atom stereocenters. The second-order valence-corrected chi connectivity index (χ2v) is 5.98. The first-order valence-electron chi connectivity index (χ1n) is 7.54. The van der Waals surface area contributed by atoms with E-state index in [2.05, 4.69) is 4.74 Å². The first kappa shape index (κ1) is 16.2. The van der Waals surface area contributed by atoms with Gasteiger partial charge in [0, 0.05) is 6.04 Å². The second kappa shape index (κ2) is 5.77. The molecular weight excluding hydrogens is 319 g/mol. The number of halogens is 1. The molecular formula is C16H17FN2O5. The molecule has 0 bridgehead atoms. The molecule has 0 spiro atoms. The van der Waals surface area contributed by atoms with E-state index < -0.39 is 24.0 Å². The molecule has 3 rings (SSSR count). The average molecular weight is 336 g/mol. The van der Waals surface area contributed by atoms with Crippen LogP contribution in [0.4, 0.5) is 20.6 Å². The maximum atomic E-state index is 14.6. The molecule has 0 saturated carbocycles. The minimum atomic E-state index is -1.05. The van der Waals surface area contributed by atoms with Gasteiger partial charge in [0.1, 0.15) is 5.82 Å². The first-order valence-corrected chi connectivity index (χ1v) is 7.54. The van der Waals surface area contributed by atoms with E-state index in [0.29, 0.717) is 5.56 Å². The van der Waals surface area contributed by atoms with Crippen molar-refractivity contribution in [3.05, 3.63) is 23.5 Å². The Morgan fingerprint density at radius 3 is 2.71 bits per heavy atom. The number of esters is 1. The summed E-state index contributed by atoms with van der Waals surface area (Å²) in [6.07, 6.45) is -1.73. The van der Waals surface area contributed by atoms with Crippen molar-refractivity contribution in [3.63, 3.8) is 0 Å². The fourth-order valence-corrected chi connectivity index (χ4v) is 3.05. The smallest absolute Gasteiger partial charge is 0.415 e. The van der Waals surface area contributed by atoms with Crippen LogP contribution >= 0.6 is 0 Å². The highest BCUT2D eigenvalue weighted by atomic mass is 19.1. The molecule has 0 aromatic heterocycles. The molecule has 0 aliphatic carbocycles. The van der Waals surface area contributed by atoms with Crippen molar-refractivity contribution < 1.29 is 28.2 Å². The van der Waals surface area contributed by atoms with Crippen LogP contribution in [0.15, 0.2) is 12.1 Å². The minimum absolute atomic E-state index is 0.0639. The summed E-state index contributed by atoms with van der Waals surface area (Å²) in [4.78, 5) is 38.1. The first-order chi connectivity index (χ1) is 11.3. The molecule has 1 aromatic rings. The van der Waals surface area contributed by atoms with Crippen molar-refractivity contribution in [2.45, 2.75) is 32.4 Å². The molecule has 0 radical (unpaired) electrons. The van der Waals surface area contributed by atoms with Crippen LogP contribution in [0.5, 0.6) is 0 Å². The molecule has 2 aliphatic heterocycles. The number of amides is 2. The van der Waals surface area contributed by atoms with Crippen LogP contribution in [0.2, 0.25) is 0 Å². The number of hydrogen-bond acceptors (Lipinski definition) is 5. The molecule has 1 aromatic carbocycles. The number of fused-ring (bicyclic) bond motifs is 1. The van der Waals surface area contributed by atoms with E-state index in [1.165, 1.54) is 18.1 Å². The Balaban J connectivity index is 1.94. The van der Waals surface area contributed by atoms with Crippen LogP contribution < -0.4 is 9.80 Å². The average Bonchev–Trinajstić information content (AvgIpc) is 3.06. The van der Waals surface area contributed by atoms with Gasteiger partial charge in [0.2, 0.25) is 12.0 Å². The van der Waals surface area contributed by atoms with Crippen molar-refractivity contribution >= 4 is 29.3 Å². The highest BCUT2D eigenvalue weighted by molar-refractivity contribution is 6.03. The van der Waals surface area contributed by atoms with E-state index in [9.17, 15) is 18.8 Å². The summed E-state index contributed by atoms with van der Waals surface area (Å²) in [6.45, 7) is 3.55. The number of cyclic esters (lactones) is 1. The number of rotatable bonds is 3. The summed E-state index contributed by atoms with van der Waals surface area (Å²) in [5, 5.41) is 0. The largest absolute Gasteiger partial charge is 0.466 e. The van der Waals surface area contributed by atoms with E-state index in [1.54, 1.807) is 19.9 Å². The number of carbonyl (C=O) groups excluding carboxylic acids is 3. The van der Waals surface area contributed by atoms with Crippen LogP contribution in [-0.4, -0.2) is 43.8 Å². The van der Waals surface area contributed by atoms with Crippen molar-refractivity contribution in [2.75, 3.05) is 23.5 Å². The third kappa shape index (κ3) is 2.47.